The Bertz CT molecular complexity index is 607. The minimum Gasteiger partial charge on any atom is -0.489 e. The van der Waals surface area contributed by atoms with Crippen LogP contribution in [0.25, 0.3) is 0 Å². The molecule has 0 spiro atoms. The molecule has 1 aromatic heterocycles. The van der Waals surface area contributed by atoms with E-state index in [1.165, 1.54) is 19.3 Å². The minimum atomic E-state index is -0.169. The molecule has 1 aromatic carbocycles. The first-order chi connectivity index (χ1) is 10.1. The summed E-state index contributed by atoms with van der Waals surface area (Å²) in [6, 6.07) is 10.7. The van der Waals surface area contributed by atoms with Crippen molar-refractivity contribution in [1.82, 2.24) is 10.0 Å². The van der Waals surface area contributed by atoms with Crippen molar-refractivity contribution in [2.75, 3.05) is 7.05 Å². The Kier molecular flexibility index (Phi) is 5.06. The SMILES string of the molecule is CN(O)/C=C/C(=O)c1ccc(COc2ccncc2)cc1. The highest BCUT2D eigenvalue weighted by atomic mass is 16.5. The van der Waals surface area contributed by atoms with Crippen LogP contribution in [0.2, 0.25) is 0 Å². The molecule has 0 fully saturated rings. The molecular weight excluding hydrogens is 268 g/mol. The molecule has 2 rings (SSSR count). The second kappa shape index (κ2) is 7.21. The van der Waals surface area contributed by atoms with E-state index in [0.717, 1.165) is 16.4 Å². The number of allylic oxidation sites excluding steroid dienone is 1. The molecule has 0 unspecified atom stereocenters. The average Bonchev–Trinajstić information content (AvgIpc) is 2.52. The molecular formula is C16H16N2O3. The van der Waals surface area contributed by atoms with Gasteiger partial charge in [-0.2, -0.15) is 0 Å². The zero-order chi connectivity index (χ0) is 15.1. The first-order valence-corrected chi connectivity index (χ1v) is 6.41. The van der Waals surface area contributed by atoms with Crippen molar-refractivity contribution in [3.63, 3.8) is 0 Å². The third-order valence-corrected chi connectivity index (χ3v) is 2.74. The summed E-state index contributed by atoms with van der Waals surface area (Å²) in [5, 5.41) is 9.77. The molecule has 1 heterocycles. The van der Waals surface area contributed by atoms with E-state index >= 15 is 0 Å². The summed E-state index contributed by atoms with van der Waals surface area (Å²) in [6.45, 7) is 0.424. The van der Waals surface area contributed by atoms with Gasteiger partial charge in [-0.3, -0.25) is 20.0 Å². The van der Waals surface area contributed by atoms with Crippen molar-refractivity contribution in [1.29, 1.82) is 0 Å². The van der Waals surface area contributed by atoms with Crippen LogP contribution in [0.3, 0.4) is 0 Å². The fraction of sp³-hybridized carbons (Fsp3) is 0.125. The molecule has 0 aliphatic carbocycles. The van der Waals surface area contributed by atoms with Crippen LogP contribution in [0, 0.1) is 0 Å². The second-order valence-corrected chi connectivity index (χ2v) is 4.42. The van der Waals surface area contributed by atoms with Crippen LogP contribution >= 0.6 is 0 Å². The lowest BCUT2D eigenvalue weighted by molar-refractivity contribution is -0.0130. The van der Waals surface area contributed by atoms with E-state index < -0.39 is 0 Å². The Balaban J connectivity index is 1.94. The lowest BCUT2D eigenvalue weighted by Gasteiger charge is -2.06. The van der Waals surface area contributed by atoms with Gasteiger partial charge >= 0.3 is 0 Å². The molecule has 0 bridgehead atoms. The van der Waals surface area contributed by atoms with Gasteiger partial charge in [0.15, 0.2) is 5.78 Å². The summed E-state index contributed by atoms with van der Waals surface area (Å²) in [5.74, 6) is 0.580. The van der Waals surface area contributed by atoms with Gasteiger partial charge < -0.3 is 4.74 Å². The van der Waals surface area contributed by atoms with Crippen LogP contribution < -0.4 is 4.74 Å². The molecule has 0 saturated carbocycles. The minimum absolute atomic E-state index is 0.169. The van der Waals surface area contributed by atoms with Crippen molar-refractivity contribution in [3.8, 4) is 5.75 Å². The molecule has 5 nitrogen and oxygen atoms in total. The Labute approximate surface area is 123 Å². The van der Waals surface area contributed by atoms with Crippen LogP contribution in [-0.4, -0.2) is 28.1 Å². The van der Waals surface area contributed by atoms with Crippen LogP contribution in [0.4, 0.5) is 0 Å². The van der Waals surface area contributed by atoms with E-state index in [-0.39, 0.29) is 5.78 Å². The second-order valence-electron chi connectivity index (χ2n) is 4.42. The van der Waals surface area contributed by atoms with Gasteiger partial charge in [-0.05, 0) is 17.7 Å². The summed E-state index contributed by atoms with van der Waals surface area (Å²) in [5.41, 5.74) is 1.52. The Hall–Kier alpha value is -2.66. The van der Waals surface area contributed by atoms with Gasteiger partial charge in [0.1, 0.15) is 12.4 Å². The van der Waals surface area contributed by atoms with E-state index in [2.05, 4.69) is 4.98 Å². The molecule has 0 aliphatic heterocycles. The van der Waals surface area contributed by atoms with Crippen molar-refractivity contribution in [2.24, 2.45) is 0 Å². The lowest BCUT2D eigenvalue weighted by atomic mass is 10.1. The predicted molar refractivity (Wildman–Crippen MR) is 78.0 cm³/mol. The standard InChI is InChI=1S/C16H16N2O3/c1-18(20)11-8-16(19)14-4-2-13(3-5-14)12-21-15-6-9-17-10-7-15/h2-11,20H,12H2,1H3/b11-8+. The third kappa shape index (κ3) is 4.74. The number of hydroxylamine groups is 2. The van der Waals surface area contributed by atoms with Crippen LogP contribution in [0.1, 0.15) is 15.9 Å². The molecule has 1 N–H and O–H groups in total. The van der Waals surface area contributed by atoms with Crippen LogP contribution in [0.15, 0.2) is 61.1 Å². The third-order valence-electron chi connectivity index (χ3n) is 2.74. The summed E-state index contributed by atoms with van der Waals surface area (Å²) >= 11 is 0. The Morgan fingerprint density at radius 3 is 2.52 bits per heavy atom. The Morgan fingerprint density at radius 2 is 1.90 bits per heavy atom. The molecule has 0 atom stereocenters. The first-order valence-electron chi connectivity index (χ1n) is 6.41. The quantitative estimate of drug-likeness (QED) is 0.502. The number of benzene rings is 1. The summed E-state index contributed by atoms with van der Waals surface area (Å²) in [4.78, 5) is 15.7. The van der Waals surface area contributed by atoms with E-state index in [4.69, 9.17) is 9.94 Å². The summed E-state index contributed by atoms with van der Waals surface area (Å²) in [6.07, 6.45) is 5.94. The number of hydrogen-bond donors (Lipinski definition) is 1. The average molecular weight is 284 g/mol. The van der Waals surface area contributed by atoms with Crippen molar-refractivity contribution in [3.05, 3.63) is 72.2 Å². The highest BCUT2D eigenvalue weighted by molar-refractivity contribution is 6.04. The van der Waals surface area contributed by atoms with Gasteiger partial charge in [-0.25, -0.2) is 0 Å². The van der Waals surface area contributed by atoms with Crippen molar-refractivity contribution < 1.29 is 14.7 Å². The number of rotatable bonds is 6. The normalized spacial score (nSPS) is 10.6. The smallest absolute Gasteiger partial charge is 0.187 e. The number of ether oxygens (including phenoxy) is 1. The zero-order valence-corrected chi connectivity index (χ0v) is 11.6. The largest absolute Gasteiger partial charge is 0.489 e. The van der Waals surface area contributed by atoms with Gasteiger partial charge in [0, 0.05) is 37.3 Å². The molecule has 21 heavy (non-hydrogen) atoms. The van der Waals surface area contributed by atoms with Gasteiger partial charge in [-0.1, -0.05) is 24.3 Å². The highest BCUT2D eigenvalue weighted by Crippen LogP contribution is 2.12. The molecule has 0 radical (unpaired) electrons. The van der Waals surface area contributed by atoms with E-state index in [1.807, 2.05) is 12.1 Å². The number of pyridine rings is 1. The van der Waals surface area contributed by atoms with Crippen LogP contribution in [-0.2, 0) is 6.61 Å². The number of carbonyl (C=O) groups excluding carboxylic acids is 1. The van der Waals surface area contributed by atoms with Crippen LogP contribution in [0.5, 0.6) is 5.75 Å². The molecule has 0 saturated heterocycles. The number of ketones is 1. The maximum absolute atomic E-state index is 11.8. The number of carbonyl (C=O) groups is 1. The molecule has 0 aliphatic rings. The first kappa shape index (κ1) is 14.7. The fourth-order valence-corrected chi connectivity index (χ4v) is 1.64. The monoisotopic (exact) mass is 284 g/mol. The van der Waals surface area contributed by atoms with Crippen molar-refractivity contribution in [2.45, 2.75) is 6.61 Å². The highest BCUT2D eigenvalue weighted by Gasteiger charge is 2.02. The lowest BCUT2D eigenvalue weighted by Crippen LogP contribution is -2.04. The maximum Gasteiger partial charge on any atom is 0.187 e. The summed E-state index contributed by atoms with van der Waals surface area (Å²) in [7, 11) is 1.43. The fourth-order valence-electron chi connectivity index (χ4n) is 1.64. The Morgan fingerprint density at radius 1 is 1.24 bits per heavy atom. The van der Waals surface area contributed by atoms with Gasteiger partial charge in [0.2, 0.25) is 0 Å². The number of aromatic nitrogens is 1. The molecule has 5 heteroatoms. The number of nitrogens with zero attached hydrogens (tertiary/aromatic N) is 2. The van der Waals surface area contributed by atoms with Crippen molar-refractivity contribution >= 4 is 5.78 Å². The maximum atomic E-state index is 11.8. The van der Waals surface area contributed by atoms with E-state index in [0.29, 0.717) is 12.2 Å². The van der Waals surface area contributed by atoms with Gasteiger partial charge in [0.25, 0.3) is 0 Å². The number of hydrogen-bond acceptors (Lipinski definition) is 5. The zero-order valence-electron chi connectivity index (χ0n) is 11.6. The topological polar surface area (TPSA) is 62.7 Å². The van der Waals surface area contributed by atoms with Gasteiger partial charge in [-0.15, -0.1) is 0 Å². The van der Waals surface area contributed by atoms with E-state index in [9.17, 15) is 4.79 Å². The molecule has 108 valence electrons. The van der Waals surface area contributed by atoms with E-state index in [1.54, 1.807) is 36.7 Å². The summed E-state index contributed by atoms with van der Waals surface area (Å²) < 4.78 is 5.59. The predicted octanol–water partition coefficient (Wildman–Crippen LogP) is 2.68. The van der Waals surface area contributed by atoms with Gasteiger partial charge in [0.05, 0.1) is 0 Å². The molecule has 0 amide bonds. The molecule has 2 aromatic rings.